The number of alkyl carbamates (subject to hydrolysis) is 1. The Hall–Kier alpha value is -1.46. The summed E-state index contributed by atoms with van der Waals surface area (Å²) in [5, 5.41) is 6.33. The van der Waals surface area contributed by atoms with Gasteiger partial charge in [0, 0.05) is 30.7 Å². The number of carbonyl (C=O) groups is 1. The first-order valence-corrected chi connectivity index (χ1v) is 6.99. The van der Waals surface area contributed by atoms with E-state index in [1.165, 1.54) is 0 Å². The summed E-state index contributed by atoms with van der Waals surface area (Å²) in [6.45, 7) is 7.16. The lowest BCUT2D eigenvalue weighted by molar-refractivity contribution is 0.0393. The monoisotopic (exact) mass is 284 g/mol. The number of amides is 1. The van der Waals surface area contributed by atoms with Crippen LogP contribution in [0, 0.1) is 5.92 Å². The van der Waals surface area contributed by atoms with Crippen molar-refractivity contribution in [2.75, 3.05) is 19.8 Å². The second-order valence-corrected chi connectivity index (χ2v) is 6.08. The van der Waals surface area contributed by atoms with E-state index in [0.29, 0.717) is 12.5 Å². The second-order valence-electron chi connectivity index (χ2n) is 6.08. The molecule has 1 rings (SSSR count). The SMILES string of the molecule is CC(C)(C)OC(=O)N[C@H](CN=[N+]=[N-])CC1CCCOC1. The standard InChI is InChI=1S/C13H24N4O3/c1-13(2,3)20-12(18)16-11(8-15-17-14)7-10-5-4-6-19-9-10/h10-11H,4-9H2,1-3H3,(H,16,18)/t10?,11-/m0/s1. The topological polar surface area (TPSA) is 96.3 Å². The Balaban J connectivity index is 2.49. The van der Waals surface area contributed by atoms with E-state index < -0.39 is 11.7 Å². The number of nitrogens with zero attached hydrogens (tertiary/aromatic N) is 3. The summed E-state index contributed by atoms with van der Waals surface area (Å²) in [6.07, 6.45) is 2.36. The molecule has 0 radical (unpaired) electrons. The van der Waals surface area contributed by atoms with Crippen LogP contribution < -0.4 is 5.32 Å². The second kappa shape index (κ2) is 7.97. The maximum Gasteiger partial charge on any atom is 0.407 e. The lowest BCUT2D eigenvalue weighted by Gasteiger charge is -2.27. The highest BCUT2D eigenvalue weighted by Crippen LogP contribution is 2.19. The molecule has 1 heterocycles. The molecule has 1 amide bonds. The van der Waals surface area contributed by atoms with Crippen LogP contribution in [0.4, 0.5) is 4.79 Å². The van der Waals surface area contributed by atoms with Crippen molar-refractivity contribution in [2.24, 2.45) is 11.0 Å². The molecule has 1 aliphatic rings. The summed E-state index contributed by atoms with van der Waals surface area (Å²) >= 11 is 0. The zero-order chi connectivity index (χ0) is 15.0. The first-order chi connectivity index (χ1) is 9.40. The Bertz CT molecular complexity index is 355. The van der Waals surface area contributed by atoms with E-state index in [2.05, 4.69) is 15.3 Å². The molecule has 7 heteroatoms. The Labute approximate surface area is 119 Å². The number of ether oxygens (including phenoxy) is 2. The average molecular weight is 284 g/mol. The minimum absolute atomic E-state index is 0.215. The van der Waals surface area contributed by atoms with E-state index in [1.807, 2.05) is 20.8 Å². The first-order valence-electron chi connectivity index (χ1n) is 6.99. The molecule has 0 spiro atoms. The van der Waals surface area contributed by atoms with Crippen molar-refractivity contribution < 1.29 is 14.3 Å². The molecule has 0 saturated carbocycles. The van der Waals surface area contributed by atoms with Crippen LogP contribution in [0.1, 0.15) is 40.0 Å². The zero-order valence-electron chi connectivity index (χ0n) is 12.5. The van der Waals surface area contributed by atoms with Crippen molar-refractivity contribution in [3.63, 3.8) is 0 Å². The van der Waals surface area contributed by atoms with Gasteiger partial charge in [0.05, 0.1) is 0 Å². The molecule has 0 bridgehead atoms. The fourth-order valence-electron chi connectivity index (χ4n) is 2.18. The van der Waals surface area contributed by atoms with Crippen molar-refractivity contribution in [3.8, 4) is 0 Å². The summed E-state index contributed by atoms with van der Waals surface area (Å²) in [7, 11) is 0. The molecule has 20 heavy (non-hydrogen) atoms. The lowest BCUT2D eigenvalue weighted by atomic mass is 9.94. The van der Waals surface area contributed by atoms with Crippen LogP contribution in [-0.2, 0) is 9.47 Å². The van der Waals surface area contributed by atoms with E-state index in [-0.39, 0.29) is 12.6 Å². The fourth-order valence-corrected chi connectivity index (χ4v) is 2.18. The molecule has 0 aromatic carbocycles. The minimum atomic E-state index is -0.541. The first kappa shape index (κ1) is 16.6. The fraction of sp³-hybridized carbons (Fsp3) is 0.923. The molecule has 1 N–H and O–H groups in total. The van der Waals surface area contributed by atoms with Gasteiger partial charge in [-0.1, -0.05) is 5.11 Å². The van der Waals surface area contributed by atoms with E-state index in [4.69, 9.17) is 15.0 Å². The largest absolute Gasteiger partial charge is 0.444 e. The molecule has 7 nitrogen and oxygen atoms in total. The van der Waals surface area contributed by atoms with Gasteiger partial charge in [-0.2, -0.15) is 0 Å². The number of azide groups is 1. The molecule has 0 aromatic rings. The van der Waals surface area contributed by atoms with Crippen LogP contribution in [0.15, 0.2) is 5.11 Å². The average Bonchev–Trinajstić information content (AvgIpc) is 2.35. The van der Waals surface area contributed by atoms with Crippen LogP contribution in [0.25, 0.3) is 10.4 Å². The van der Waals surface area contributed by atoms with Gasteiger partial charge in [-0.3, -0.25) is 0 Å². The highest BCUT2D eigenvalue weighted by atomic mass is 16.6. The Morgan fingerprint density at radius 3 is 2.90 bits per heavy atom. The predicted molar refractivity (Wildman–Crippen MR) is 75.3 cm³/mol. The van der Waals surface area contributed by atoms with Crippen molar-refractivity contribution in [1.29, 1.82) is 0 Å². The summed E-state index contributed by atoms with van der Waals surface area (Å²) < 4.78 is 10.6. The Morgan fingerprint density at radius 2 is 2.35 bits per heavy atom. The third kappa shape index (κ3) is 7.21. The molecule has 1 aliphatic heterocycles. The van der Waals surface area contributed by atoms with Gasteiger partial charge in [0.2, 0.25) is 0 Å². The van der Waals surface area contributed by atoms with Gasteiger partial charge in [0.15, 0.2) is 0 Å². The zero-order valence-corrected chi connectivity index (χ0v) is 12.5. The van der Waals surface area contributed by atoms with Crippen LogP contribution in [0.3, 0.4) is 0 Å². The van der Waals surface area contributed by atoms with Gasteiger partial charge >= 0.3 is 6.09 Å². The Morgan fingerprint density at radius 1 is 1.60 bits per heavy atom. The molecule has 2 atom stereocenters. The van der Waals surface area contributed by atoms with E-state index in [1.54, 1.807) is 0 Å². The van der Waals surface area contributed by atoms with Gasteiger partial charge in [0.1, 0.15) is 5.60 Å². The van der Waals surface area contributed by atoms with Gasteiger partial charge in [-0.25, -0.2) is 4.79 Å². The number of hydrogen-bond donors (Lipinski definition) is 1. The third-order valence-corrected chi connectivity index (χ3v) is 2.96. The third-order valence-electron chi connectivity index (χ3n) is 2.96. The number of nitrogens with one attached hydrogen (secondary N) is 1. The Kier molecular flexibility index (Phi) is 6.61. The maximum absolute atomic E-state index is 11.8. The van der Waals surface area contributed by atoms with Crippen LogP contribution in [-0.4, -0.2) is 37.5 Å². The summed E-state index contributed by atoms with van der Waals surface area (Å²) in [6, 6.07) is -0.215. The summed E-state index contributed by atoms with van der Waals surface area (Å²) in [5.41, 5.74) is 7.89. The minimum Gasteiger partial charge on any atom is -0.444 e. The van der Waals surface area contributed by atoms with Gasteiger partial charge in [-0.15, -0.1) is 0 Å². The molecule has 0 aromatic heterocycles. The lowest BCUT2D eigenvalue weighted by Crippen LogP contribution is -2.42. The quantitative estimate of drug-likeness (QED) is 0.477. The van der Waals surface area contributed by atoms with Gasteiger partial charge in [-0.05, 0) is 51.5 Å². The highest BCUT2D eigenvalue weighted by Gasteiger charge is 2.23. The number of hydrogen-bond acceptors (Lipinski definition) is 4. The molecular weight excluding hydrogens is 260 g/mol. The maximum atomic E-state index is 11.8. The molecule has 1 unspecified atom stereocenters. The molecule has 1 saturated heterocycles. The van der Waals surface area contributed by atoms with E-state index in [0.717, 1.165) is 25.9 Å². The van der Waals surface area contributed by atoms with E-state index in [9.17, 15) is 4.79 Å². The van der Waals surface area contributed by atoms with Crippen LogP contribution in [0.5, 0.6) is 0 Å². The number of rotatable bonds is 5. The van der Waals surface area contributed by atoms with Crippen molar-refractivity contribution in [1.82, 2.24) is 5.32 Å². The van der Waals surface area contributed by atoms with Crippen molar-refractivity contribution in [2.45, 2.75) is 51.7 Å². The summed E-state index contributed by atoms with van der Waals surface area (Å²) in [5.74, 6) is 0.387. The summed E-state index contributed by atoms with van der Waals surface area (Å²) in [4.78, 5) is 14.5. The van der Waals surface area contributed by atoms with Crippen LogP contribution >= 0.6 is 0 Å². The normalized spacial score (nSPS) is 20.6. The molecular formula is C13H24N4O3. The predicted octanol–water partition coefficient (Wildman–Crippen LogP) is 3.01. The highest BCUT2D eigenvalue weighted by molar-refractivity contribution is 5.68. The van der Waals surface area contributed by atoms with Crippen molar-refractivity contribution in [3.05, 3.63) is 10.4 Å². The van der Waals surface area contributed by atoms with Crippen molar-refractivity contribution >= 4 is 6.09 Å². The van der Waals surface area contributed by atoms with Gasteiger partial charge < -0.3 is 14.8 Å². The van der Waals surface area contributed by atoms with Gasteiger partial charge in [0.25, 0.3) is 0 Å². The smallest absolute Gasteiger partial charge is 0.407 e. The van der Waals surface area contributed by atoms with Crippen LogP contribution in [0.2, 0.25) is 0 Å². The molecule has 114 valence electrons. The molecule has 1 fully saturated rings. The molecule has 0 aliphatic carbocycles. The number of carbonyl (C=O) groups excluding carboxylic acids is 1. The van der Waals surface area contributed by atoms with E-state index >= 15 is 0 Å².